The number of nitriles is 1. The van der Waals surface area contributed by atoms with Crippen molar-refractivity contribution < 1.29 is 22.0 Å². The topological polar surface area (TPSA) is 103 Å². The fourth-order valence-corrected chi connectivity index (χ4v) is 6.97. The molecule has 1 N–H and O–H groups in total. The SMILES string of the molecule is CC(C#N)NC(=O)C1CC(F)CCC1c1nc(CF)sc1-c1ccc(N2CCS(=O)(=O)CC2)cc1. The van der Waals surface area contributed by atoms with Gasteiger partial charge in [-0.25, -0.2) is 22.2 Å². The van der Waals surface area contributed by atoms with Crippen molar-refractivity contribution in [3.63, 3.8) is 0 Å². The molecule has 11 heteroatoms. The standard InChI is InChI=1S/C24H28F2N4O3S2/c1-15(14-27)28-24(31)20-12-17(26)4-7-19(20)22-23(34-21(13-25)29-22)16-2-5-18(6-3-16)30-8-10-35(32,33)11-9-30/h2-3,5-6,15,17,19-20H,4,7-13H2,1H3,(H,28,31). The predicted octanol–water partition coefficient (Wildman–Crippen LogP) is 3.76. The Morgan fingerprint density at radius 2 is 1.97 bits per heavy atom. The number of amides is 1. The van der Waals surface area contributed by atoms with Gasteiger partial charge in [-0.15, -0.1) is 11.3 Å². The van der Waals surface area contributed by atoms with Gasteiger partial charge in [0.1, 0.15) is 23.9 Å². The summed E-state index contributed by atoms with van der Waals surface area (Å²) in [5.41, 5.74) is 2.31. The van der Waals surface area contributed by atoms with Crippen LogP contribution in [0, 0.1) is 17.2 Å². The minimum atomic E-state index is -2.98. The number of alkyl halides is 2. The van der Waals surface area contributed by atoms with E-state index in [-0.39, 0.29) is 29.8 Å². The second-order valence-electron chi connectivity index (χ2n) is 9.12. The van der Waals surface area contributed by atoms with Crippen molar-refractivity contribution >= 4 is 32.8 Å². The summed E-state index contributed by atoms with van der Waals surface area (Å²) >= 11 is 1.22. The first-order chi connectivity index (χ1) is 16.7. The number of hydrogen-bond acceptors (Lipinski definition) is 7. The van der Waals surface area contributed by atoms with E-state index in [4.69, 9.17) is 5.26 Å². The number of thiazole rings is 1. The molecule has 4 rings (SSSR count). The lowest BCUT2D eigenvalue weighted by Gasteiger charge is -2.32. The Hall–Kier alpha value is -2.58. The number of carbonyl (C=O) groups is 1. The zero-order valence-electron chi connectivity index (χ0n) is 19.4. The zero-order chi connectivity index (χ0) is 25.2. The summed E-state index contributed by atoms with van der Waals surface area (Å²) in [6.45, 7) is 1.70. The highest BCUT2D eigenvalue weighted by atomic mass is 32.2. The van der Waals surface area contributed by atoms with Gasteiger partial charge in [-0.1, -0.05) is 12.1 Å². The maximum atomic E-state index is 14.3. The Bertz CT molecular complexity index is 1200. The van der Waals surface area contributed by atoms with E-state index in [1.807, 2.05) is 35.2 Å². The number of hydrogen-bond donors (Lipinski definition) is 1. The first kappa shape index (κ1) is 25.5. The van der Waals surface area contributed by atoms with Crippen LogP contribution in [0.3, 0.4) is 0 Å². The second-order valence-corrected chi connectivity index (χ2v) is 12.5. The largest absolute Gasteiger partial charge is 0.369 e. The lowest BCUT2D eigenvalue weighted by atomic mass is 9.75. The second kappa shape index (κ2) is 10.6. The van der Waals surface area contributed by atoms with Crippen molar-refractivity contribution in [2.24, 2.45) is 5.92 Å². The minimum Gasteiger partial charge on any atom is -0.369 e. The van der Waals surface area contributed by atoms with Crippen molar-refractivity contribution in [3.05, 3.63) is 35.0 Å². The van der Waals surface area contributed by atoms with Crippen LogP contribution in [0.2, 0.25) is 0 Å². The van der Waals surface area contributed by atoms with Gasteiger partial charge in [-0.05, 0) is 43.9 Å². The normalized spacial score (nSPS) is 25.0. The van der Waals surface area contributed by atoms with Crippen LogP contribution in [-0.2, 0) is 21.3 Å². The van der Waals surface area contributed by atoms with E-state index in [1.165, 1.54) is 11.3 Å². The molecule has 0 spiro atoms. The molecular formula is C24H28F2N4O3S2. The summed E-state index contributed by atoms with van der Waals surface area (Å²) in [4.78, 5) is 20.2. The zero-order valence-corrected chi connectivity index (χ0v) is 21.0. The summed E-state index contributed by atoms with van der Waals surface area (Å²) < 4.78 is 51.4. The molecule has 1 aromatic carbocycles. The maximum Gasteiger partial charge on any atom is 0.224 e. The van der Waals surface area contributed by atoms with Gasteiger partial charge in [-0.2, -0.15) is 5.26 Å². The molecule has 4 atom stereocenters. The molecule has 0 bridgehead atoms. The van der Waals surface area contributed by atoms with E-state index in [0.29, 0.717) is 36.6 Å². The lowest BCUT2D eigenvalue weighted by Crippen LogP contribution is -2.41. The molecule has 1 saturated carbocycles. The number of benzene rings is 1. The van der Waals surface area contributed by atoms with Crippen LogP contribution in [0.25, 0.3) is 10.4 Å². The molecular weight excluding hydrogens is 494 g/mol. The molecule has 2 aliphatic rings. The molecule has 2 heterocycles. The highest BCUT2D eigenvalue weighted by Gasteiger charge is 2.39. The third-order valence-electron chi connectivity index (χ3n) is 6.68. The van der Waals surface area contributed by atoms with Crippen LogP contribution < -0.4 is 10.2 Å². The van der Waals surface area contributed by atoms with Gasteiger partial charge in [0, 0.05) is 30.6 Å². The minimum absolute atomic E-state index is 0.0351. The molecule has 7 nitrogen and oxygen atoms in total. The maximum absolute atomic E-state index is 14.3. The average Bonchev–Trinajstić information content (AvgIpc) is 3.28. The number of sulfone groups is 1. The first-order valence-electron chi connectivity index (χ1n) is 11.7. The number of aromatic nitrogens is 1. The van der Waals surface area contributed by atoms with Crippen LogP contribution in [-0.4, -0.2) is 56.1 Å². The number of halogens is 2. The monoisotopic (exact) mass is 522 g/mol. The van der Waals surface area contributed by atoms with Gasteiger partial charge in [0.15, 0.2) is 9.84 Å². The van der Waals surface area contributed by atoms with Crippen LogP contribution in [0.15, 0.2) is 24.3 Å². The molecule has 1 aromatic heterocycles. The highest BCUT2D eigenvalue weighted by molar-refractivity contribution is 7.91. The average molecular weight is 523 g/mol. The van der Waals surface area contributed by atoms with Crippen LogP contribution >= 0.6 is 11.3 Å². The van der Waals surface area contributed by atoms with E-state index in [9.17, 15) is 22.0 Å². The van der Waals surface area contributed by atoms with Crippen LogP contribution in [0.5, 0.6) is 0 Å². The van der Waals surface area contributed by atoms with Crippen molar-refractivity contribution in [2.75, 3.05) is 29.5 Å². The number of carbonyl (C=O) groups excluding carboxylic acids is 1. The summed E-state index contributed by atoms with van der Waals surface area (Å²) in [6, 6.07) is 8.86. The van der Waals surface area contributed by atoms with E-state index >= 15 is 0 Å². The van der Waals surface area contributed by atoms with E-state index in [2.05, 4.69) is 10.3 Å². The summed E-state index contributed by atoms with van der Waals surface area (Å²) in [5.74, 6) is -1.22. The Morgan fingerprint density at radius 1 is 1.29 bits per heavy atom. The molecule has 1 saturated heterocycles. The Labute approximate surface area is 208 Å². The third-order valence-corrected chi connectivity index (χ3v) is 9.37. The highest BCUT2D eigenvalue weighted by Crippen LogP contribution is 2.45. The Morgan fingerprint density at radius 3 is 2.60 bits per heavy atom. The van der Waals surface area contributed by atoms with Gasteiger partial charge in [0.2, 0.25) is 5.91 Å². The quantitative estimate of drug-likeness (QED) is 0.620. The number of nitrogens with one attached hydrogen (secondary N) is 1. The Kier molecular flexibility index (Phi) is 7.71. The number of anilines is 1. The third kappa shape index (κ3) is 5.81. The van der Waals surface area contributed by atoms with Crippen molar-refractivity contribution in [1.82, 2.24) is 10.3 Å². The molecule has 1 aliphatic heterocycles. The fourth-order valence-electron chi connectivity index (χ4n) is 4.78. The molecule has 0 radical (unpaired) electrons. The molecule has 35 heavy (non-hydrogen) atoms. The van der Waals surface area contributed by atoms with Crippen molar-refractivity contribution in [1.29, 1.82) is 5.26 Å². The Balaban J connectivity index is 1.62. The van der Waals surface area contributed by atoms with Gasteiger partial charge in [-0.3, -0.25) is 4.79 Å². The van der Waals surface area contributed by atoms with E-state index in [0.717, 1.165) is 16.1 Å². The van der Waals surface area contributed by atoms with Gasteiger partial charge in [0.05, 0.1) is 28.1 Å². The molecule has 1 amide bonds. The van der Waals surface area contributed by atoms with E-state index in [1.54, 1.807) is 6.92 Å². The number of rotatable bonds is 6. The fraction of sp³-hybridized carbons (Fsp3) is 0.542. The predicted molar refractivity (Wildman–Crippen MR) is 131 cm³/mol. The number of nitrogens with zero attached hydrogens (tertiary/aromatic N) is 3. The van der Waals surface area contributed by atoms with Gasteiger partial charge >= 0.3 is 0 Å². The summed E-state index contributed by atoms with van der Waals surface area (Å²) in [5, 5.41) is 12.0. The smallest absolute Gasteiger partial charge is 0.224 e. The molecule has 4 unspecified atom stereocenters. The lowest BCUT2D eigenvalue weighted by molar-refractivity contribution is -0.127. The summed E-state index contributed by atoms with van der Waals surface area (Å²) in [7, 11) is -2.98. The van der Waals surface area contributed by atoms with Crippen LogP contribution in [0.4, 0.5) is 14.5 Å². The summed E-state index contributed by atoms with van der Waals surface area (Å²) in [6.07, 6.45) is -0.382. The van der Waals surface area contributed by atoms with Gasteiger partial charge < -0.3 is 10.2 Å². The van der Waals surface area contributed by atoms with Gasteiger partial charge in [0.25, 0.3) is 0 Å². The molecule has 1 aliphatic carbocycles. The molecule has 2 fully saturated rings. The first-order valence-corrected chi connectivity index (χ1v) is 14.3. The van der Waals surface area contributed by atoms with E-state index < -0.39 is 34.6 Å². The molecule has 188 valence electrons. The van der Waals surface area contributed by atoms with Crippen molar-refractivity contribution in [3.8, 4) is 16.5 Å². The van der Waals surface area contributed by atoms with Crippen molar-refractivity contribution in [2.45, 2.75) is 51.0 Å². The molecule has 2 aromatic rings. The van der Waals surface area contributed by atoms with Crippen LogP contribution in [0.1, 0.15) is 42.8 Å².